The third-order valence-electron chi connectivity index (χ3n) is 4.21. The van der Waals surface area contributed by atoms with E-state index in [2.05, 4.69) is 17.0 Å². The molecule has 0 bridgehead atoms. The van der Waals surface area contributed by atoms with Crippen molar-refractivity contribution in [2.75, 3.05) is 37.0 Å². The van der Waals surface area contributed by atoms with Gasteiger partial charge in [-0.15, -0.1) is 0 Å². The second kappa shape index (κ2) is 7.38. The summed E-state index contributed by atoms with van der Waals surface area (Å²) in [5, 5.41) is 10.6. The van der Waals surface area contributed by atoms with Gasteiger partial charge in [0.05, 0.1) is 0 Å². The maximum Gasteiger partial charge on any atom is 0.254 e. The average molecular weight is 322 g/mol. The molecule has 0 aliphatic carbocycles. The van der Waals surface area contributed by atoms with E-state index < -0.39 is 5.60 Å². The summed E-state index contributed by atoms with van der Waals surface area (Å²) in [5.74, 6) is 1.60. The minimum absolute atomic E-state index is 0.119. The lowest BCUT2D eigenvalue weighted by molar-refractivity contribution is -0.152. The fourth-order valence-corrected chi connectivity index (χ4v) is 3.83. The van der Waals surface area contributed by atoms with Gasteiger partial charge in [-0.05, 0) is 49.0 Å². The van der Waals surface area contributed by atoms with E-state index in [1.165, 1.54) is 0 Å². The molecule has 0 spiro atoms. The van der Waals surface area contributed by atoms with Gasteiger partial charge in [0.15, 0.2) is 0 Å². The molecule has 1 heterocycles. The number of amides is 1. The number of anilines is 1. The summed E-state index contributed by atoms with van der Waals surface area (Å²) < 4.78 is 0. The summed E-state index contributed by atoms with van der Waals surface area (Å²) in [7, 11) is 4.01. The molecule has 2 rings (SSSR count). The van der Waals surface area contributed by atoms with Crippen molar-refractivity contribution in [1.82, 2.24) is 4.90 Å². The van der Waals surface area contributed by atoms with Crippen LogP contribution in [0.4, 0.5) is 5.69 Å². The molecule has 22 heavy (non-hydrogen) atoms. The Hall–Kier alpha value is -1.20. The maximum atomic E-state index is 12.7. The van der Waals surface area contributed by atoms with Crippen molar-refractivity contribution in [3.63, 3.8) is 0 Å². The van der Waals surface area contributed by atoms with Gasteiger partial charge in [0.25, 0.3) is 5.91 Å². The highest BCUT2D eigenvalue weighted by atomic mass is 32.2. The molecule has 1 saturated heterocycles. The van der Waals surface area contributed by atoms with Gasteiger partial charge < -0.3 is 14.9 Å². The molecule has 0 atom stereocenters. The van der Waals surface area contributed by atoms with Crippen molar-refractivity contribution >= 4 is 23.4 Å². The van der Waals surface area contributed by atoms with Crippen LogP contribution in [0, 0.1) is 0 Å². The number of thioether (sulfide) groups is 1. The van der Waals surface area contributed by atoms with Crippen LogP contribution in [0.3, 0.4) is 0 Å². The zero-order chi connectivity index (χ0) is 16.2. The molecule has 1 aliphatic heterocycles. The quantitative estimate of drug-likeness (QED) is 0.904. The summed E-state index contributed by atoms with van der Waals surface area (Å²) >= 11 is 1.81. The van der Waals surface area contributed by atoms with E-state index in [1.807, 2.05) is 33.2 Å². The van der Waals surface area contributed by atoms with Gasteiger partial charge in [-0.2, -0.15) is 11.8 Å². The Bertz CT molecular complexity index is 496. The number of hydrogen-bond donors (Lipinski definition) is 1. The Balaban J connectivity index is 2.06. The molecule has 4 nitrogen and oxygen atoms in total. The van der Waals surface area contributed by atoms with E-state index in [4.69, 9.17) is 0 Å². The van der Waals surface area contributed by atoms with Crippen LogP contribution in [0.25, 0.3) is 0 Å². The SMILES string of the molecule is CCN(Cc1ccc(N(C)C)cc1)C(=O)C1(O)CCSCC1. The number of likely N-dealkylation sites (N-methyl/N-ethyl adjacent to an activating group) is 1. The lowest BCUT2D eigenvalue weighted by Crippen LogP contribution is -2.50. The van der Waals surface area contributed by atoms with E-state index in [9.17, 15) is 9.90 Å². The second-order valence-electron chi connectivity index (χ2n) is 6.02. The largest absolute Gasteiger partial charge is 0.380 e. The third kappa shape index (κ3) is 3.96. The second-order valence-corrected chi connectivity index (χ2v) is 7.25. The van der Waals surface area contributed by atoms with Crippen molar-refractivity contribution in [2.45, 2.75) is 31.9 Å². The van der Waals surface area contributed by atoms with Gasteiger partial charge in [-0.25, -0.2) is 0 Å². The van der Waals surface area contributed by atoms with E-state index in [-0.39, 0.29) is 5.91 Å². The minimum atomic E-state index is -1.16. The van der Waals surface area contributed by atoms with E-state index in [1.54, 1.807) is 16.7 Å². The Morgan fingerprint density at radius 3 is 2.32 bits per heavy atom. The number of hydrogen-bond acceptors (Lipinski definition) is 4. The van der Waals surface area contributed by atoms with Crippen LogP contribution >= 0.6 is 11.8 Å². The third-order valence-corrected chi connectivity index (χ3v) is 5.20. The molecule has 1 aliphatic rings. The average Bonchev–Trinajstić information content (AvgIpc) is 2.53. The maximum absolute atomic E-state index is 12.7. The highest BCUT2D eigenvalue weighted by molar-refractivity contribution is 7.99. The first-order valence-corrected chi connectivity index (χ1v) is 8.97. The number of nitrogens with zero attached hydrogens (tertiary/aromatic N) is 2. The van der Waals surface area contributed by atoms with Gasteiger partial charge >= 0.3 is 0 Å². The Morgan fingerprint density at radius 1 is 1.23 bits per heavy atom. The van der Waals surface area contributed by atoms with Crippen LogP contribution in [0.2, 0.25) is 0 Å². The van der Waals surface area contributed by atoms with Crippen LogP contribution in [-0.4, -0.2) is 53.7 Å². The molecule has 1 fully saturated rings. The first-order chi connectivity index (χ1) is 10.5. The molecule has 122 valence electrons. The predicted octanol–water partition coefficient (Wildman–Crippen LogP) is 2.36. The first-order valence-electron chi connectivity index (χ1n) is 7.82. The predicted molar refractivity (Wildman–Crippen MR) is 93.4 cm³/mol. The number of aliphatic hydroxyl groups is 1. The van der Waals surface area contributed by atoms with E-state index >= 15 is 0 Å². The summed E-state index contributed by atoms with van der Waals surface area (Å²) in [4.78, 5) is 16.5. The van der Waals surface area contributed by atoms with Crippen LogP contribution < -0.4 is 4.90 Å². The van der Waals surface area contributed by atoms with Crippen LogP contribution in [0.5, 0.6) is 0 Å². The van der Waals surface area contributed by atoms with Gasteiger partial charge in [0, 0.05) is 32.9 Å². The number of benzene rings is 1. The molecule has 0 saturated carbocycles. The summed E-state index contributed by atoms with van der Waals surface area (Å²) in [6, 6.07) is 8.21. The fourth-order valence-electron chi connectivity index (χ4n) is 2.66. The molecule has 1 amide bonds. The molecule has 0 unspecified atom stereocenters. The smallest absolute Gasteiger partial charge is 0.254 e. The van der Waals surface area contributed by atoms with Gasteiger partial charge in [0.1, 0.15) is 5.60 Å². The first kappa shape index (κ1) is 17.2. The van der Waals surface area contributed by atoms with Crippen molar-refractivity contribution in [2.24, 2.45) is 0 Å². The monoisotopic (exact) mass is 322 g/mol. The lowest BCUT2D eigenvalue weighted by Gasteiger charge is -2.35. The molecule has 5 heteroatoms. The molecule has 0 aromatic heterocycles. The number of rotatable bonds is 5. The molecule has 1 aromatic rings. The summed E-state index contributed by atoms with van der Waals surface area (Å²) in [6.07, 6.45) is 1.12. The Kier molecular flexibility index (Phi) is 5.75. The van der Waals surface area contributed by atoms with E-state index in [0.717, 1.165) is 22.8 Å². The zero-order valence-electron chi connectivity index (χ0n) is 13.7. The Morgan fingerprint density at radius 2 is 1.82 bits per heavy atom. The van der Waals surface area contributed by atoms with Crippen molar-refractivity contribution in [1.29, 1.82) is 0 Å². The molecule has 1 N–H and O–H groups in total. The van der Waals surface area contributed by atoms with Gasteiger partial charge in [-0.3, -0.25) is 4.79 Å². The highest BCUT2D eigenvalue weighted by Gasteiger charge is 2.39. The van der Waals surface area contributed by atoms with Crippen LogP contribution in [-0.2, 0) is 11.3 Å². The number of carbonyl (C=O) groups excluding carboxylic acids is 1. The standard InChI is InChI=1S/C17H26N2O2S/c1-4-19(16(20)17(21)9-11-22-12-10-17)13-14-5-7-15(8-6-14)18(2)3/h5-8,21H,4,9-13H2,1-3H3. The van der Waals surface area contributed by atoms with Gasteiger partial charge in [0.2, 0.25) is 0 Å². The zero-order valence-corrected chi connectivity index (χ0v) is 14.5. The molecule has 0 radical (unpaired) electrons. The number of carbonyl (C=O) groups is 1. The molecular weight excluding hydrogens is 296 g/mol. The van der Waals surface area contributed by atoms with E-state index in [0.29, 0.717) is 25.9 Å². The van der Waals surface area contributed by atoms with Gasteiger partial charge in [-0.1, -0.05) is 12.1 Å². The van der Waals surface area contributed by atoms with Crippen molar-refractivity contribution < 1.29 is 9.90 Å². The molecule has 1 aromatic carbocycles. The van der Waals surface area contributed by atoms with Crippen LogP contribution in [0.15, 0.2) is 24.3 Å². The highest BCUT2D eigenvalue weighted by Crippen LogP contribution is 2.29. The lowest BCUT2D eigenvalue weighted by atomic mass is 9.94. The summed E-state index contributed by atoms with van der Waals surface area (Å²) in [6.45, 7) is 3.13. The topological polar surface area (TPSA) is 43.8 Å². The van der Waals surface area contributed by atoms with Crippen molar-refractivity contribution in [3.05, 3.63) is 29.8 Å². The Labute approximate surface area is 137 Å². The fraction of sp³-hybridized carbons (Fsp3) is 0.588. The van der Waals surface area contributed by atoms with Crippen molar-refractivity contribution in [3.8, 4) is 0 Å². The minimum Gasteiger partial charge on any atom is -0.380 e. The summed E-state index contributed by atoms with van der Waals surface area (Å²) in [5.41, 5.74) is 1.07. The van der Waals surface area contributed by atoms with Crippen LogP contribution in [0.1, 0.15) is 25.3 Å². The molecular formula is C17H26N2O2S. The normalized spacial score (nSPS) is 17.1.